The molecule has 0 bridgehead atoms. The minimum Gasteiger partial charge on any atom is -0.468 e. The lowest BCUT2D eigenvalue weighted by Gasteiger charge is -2.20. The number of benzene rings is 1. The van der Waals surface area contributed by atoms with Crippen molar-refractivity contribution < 1.29 is 4.42 Å². The minimum atomic E-state index is 0.130. The molecule has 0 aliphatic heterocycles. The van der Waals surface area contributed by atoms with Crippen molar-refractivity contribution in [1.82, 2.24) is 0 Å². The molecule has 0 spiro atoms. The van der Waals surface area contributed by atoms with E-state index in [1.165, 1.54) is 5.56 Å². The van der Waals surface area contributed by atoms with E-state index < -0.39 is 0 Å². The van der Waals surface area contributed by atoms with Crippen LogP contribution in [0.15, 0.2) is 53.1 Å². The summed E-state index contributed by atoms with van der Waals surface area (Å²) in [5, 5.41) is 0.227. The fraction of sp³-hybridized carbons (Fsp3) is 0.333. The Labute approximate surface area is 113 Å². The average Bonchev–Trinajstić information content (AvgIpc) is 2.94. The number of nitrogens with two attached hydrogens (primary N) is 1. The summed E-state index contributed by atoms with van der Waals surface area (Å²) < 4.78 is 5.51. The molecule has 0 amide bonds. The maximum Gasteiger partial charge on any atom is 0.118 e. The molecule has 18 heavy (non-hydrogen) atoms. The van der Waals surface area contributed by atoms with Gasteiger partial charge in [0.25, 0.3) is 0 Å². The van der Waals surface area contributed by atoms with Crippen molar-refractivity contribution in [3.05, 3.63) is 60.1 Å². The van der Waals surface area contributed by atoms with Gasteiger partial charge in [-0.05, 0) is 24.1 Å². The van der Waals surface area contributed by atoms with Crippen molar-refractivity contribution in [2.45, 2.75) is 30.4 Å². The Balaban J connectivity index is 2.02. The number of hydrogen-bond acceptors (Lipinski definition) is 3. The standard InChI is InChI=1S/C15H19NOS/c1-2-13(16)15(14-9-6-10-17-14)18-11-12-7-4-3-5-8-12/h3-10,13,15H,2,11,16H2,1H3. The first kappa shape index (κ1) is 13.2. The number of thioether (sulfide) groups is 1. The molecule has 2 aromatic rings. The average molecular weight is 261 g/mol. The van der Waals surface area contributed by atoms with Crippen LogP contribution in [0.25, 0.3) is 0 Å². The summed E-state index contributed by atoms with van der Waals surface area (Å²) in [6, 6.07) is 14.5. The van der Waals surface area contributed by atoms with E-state index in [1.807, 2.05) is 30.0 Å². The summed E-state index contributed by atoms with van der Waals surface area (Å²) in [5.41, 5.74) is 7.51. The Morgan fingerprint density at radius 1 is 1.17 bits per heavy atom. The highest BCUT2D eigenvalue weighted by molar-refractivity contribution is 7.98. The summed E-state index contributed by atoms with van der Waals surface area (Å²) in [7, 11) is 0. The molecule has 1 heterocycles. The monoisotopic (exact) mass is 261 g/mol. The molecule has 2 N–H and O–H groups in total. The first-order chi connectivity index (χ1) is 8.81. The smallest absolute Gasteiger partial charge is 0.118 e. The van der Waals surface area contributed by atoms with Crippen molar-refractivity contribution in [2.75, 3.05) is 0 Å². The molecular weight excluding hydrogens is 242 g/mol. The van der Waals surface area contributed by atoms with Crippen molar-refractivity contribution in [3.63, 3.8) is 0 Å². The zero-order valence-corrected chi connectivity index (χ0v) is 11.4. The highest BCUT2D eigenvalue weighted by Gasteiger charge is 2.21. The summed E-state index contributed by atoms with van der Waals surface area (Å²) in [6.45, 7) is 2.11. The summed E-state index contributed by atoms with van der Waals surface area (Å²) in [5.74, 6) is 1.94. The lowest BCUT2D eigenvalue weighted by molar-refractivity contribution is 0.474. The van der Waals surface area contributed by atoms with E-state index in [0.717, 1.165) is 17.9 Å². The van der Waals surface area contributed by atoms with Crippen LogP contribution >= 0.6 is 11.8 Å². The fourth-order valence-corrected chi connectivity index (χ4v) is 3.15. The third-order valence-corrected chi connectivity index (χ3v) is 4.40. The van der Waals surface area contributed by atoms with Crippen LogP contribution in [0, 0.1) is 0 Å². The zero-order valence-electron chi connectivity index (χ0n) is 10.6. The topological polar surface area (TPSA) is 39.2 Å². The Morgan fingerprint density at radius 2 is 1.94 bits per heavy atom. The lowest BCUT2D eigenvalue weighted by Crippen LogP contribution is -2.25. The van der Waals surface area contributed by atoms with Gasteiger partial charge in [-0.2, -0.15) is 0 Å². The number of rotatable bonds is 6. The second-order valence-electron chi connectivity index (χ2n) is 4.30. The summed E-state index contributed by atoms with van der Waals surface area (Å²) >= 11 is 1.85. The highest BCUT2D eigenvalue weighted by atomic mass is 32.2. The van der Waals surface area contributed by atoms with Crippen LogP contribution in [0.1, 0.15) is 29.9 Å². The van der Waals surface area contributed by atoms with Gasteiger partial charge in [-0.15, -0.1) is 11.8 Å². The molecule has 2 rings (SSSR count). The van der Waals surface area contributed by atoms with E-state index >= 15 is 0 Å². The largest absolute Gasteiger partial charge is 0.468 e. The SMILES string of the molecule is CCC(N)C(SCc1ccccc1)c1ccco1. The van der Waals surface area contributed by atoms with E-state index in [0.29, 0.717) is 0 Å². The second-order valence-corrected chi connectivity index (χ2v) is 5.43. The molecule has 0 fully saturated rings. The van der Waals surface area contributed by atoms with E-state index in [1.54, 1.807) is 6.26 Å². The zero-order chi connectivity index (χ0) is 12.8. The molecule has 2 atom stereocenters. The Morgan fingerprint density at radius 3 is 2.56 bits per heavy atom. The molecule has 0 radical (unpaired) electrons. The van der Waals surface area contributed by atoms with Gasteiger partial charge in [0.05, 0.1) is 11.5 Å². The van der Waals surface area contributed by atoms with Gasteiger partial charge < -0.3 is 10.2 Å². The van der Waals surface area contributed by atoms with Gasteiger partial charge in [-0.1, -0.05) is 37.3 Å². The predicted octanol–water partition coefficient (Wildman–Crippen LogP) is 3.99. The third-order valence-electron chi connectivity index (χ3n) is 2.96. The van der Waals surface area contributed by atoms with E-state index in [2.05, 4.69) is 31.2 Å². The molecule has 0 aliphatic rings. The first-order valence-corrected chi connectivity index (χ1v) is 7.30. The van der Waals surface area contributed by atoms with Crippen LogP contribution in [0.3, 0.4) is 0 Å². The molecular formula is C15H19NOS. The summed E-state index contributed by atoms with van der Waals surface area (Å²) in [6.07, 6.45) is 2.67. The van der Waals surface area contributed by atoms with Crippen molar-refractivity contribution in [3.8, 4) is 0 Å². The maximum absolute atomic E-state index is 6.19. The number of furan rings is 1. The van der Waals surface area contributed by atoms with Crippen molar-refractivity contribution in [2.24, 2.45) is 5.73 Å². The molecule has 2 unspecified atom stereocenters. The molecule has 0 saturated carbocycles. The Bertz CT molecular complexity index is 441. The van der Waals surface area contributed by atoms with E-state index in [4.69, 9.17) is 10.2 Å². The van der Waals surface area contributed by atoms with Crippen LogP contribution in [0.4, 0.5) is 0 Å². The molecule has 2 nitrogen and oxygen atoms in total. The molecule has 3 heteroatoms. The van der Waals surface area contributed by atoms with Gasteiger partial charge in [-0.3, -0.25) is 0 Å². The first-order valence-electron chi connectivity index (χ1n) is 6.25. The van der Waals surface area contributed by atoms with Crippen LogP contribution in [0.5, 0.6) is 0 Å². The van der Waals surface area contributed by atoms with Gasteiger partial charge >= 0.3 is 0 Å². The van der Waals surface area contributed by atoms with Crippen LogP contribution in [0.2, 0.25) is 0 Å². The van der Waals surface area contributed by atoms with Crippen LogP contribution < -0.4 is 5.73 Å². The quantitative estimate of drug-likeness (QED) is 0.854. The number of hydrogen-bond donors (Lipinski definition) is 1. The lowest BCUT2D eigenvalue weighted by atomic mass is 10.1. The van der Waals surface area contributed by atoms with Gasteiger partial charge in [0.2, 0.25) is 0 Å². The molecule has 0 aliphatic carbocycles. The van der Waals surface area contributed by atoms with Crippen LogP contribution in [-0.2, 0) is 5.75 Å². The predicted molar refractivity (Wildman–Crippen MR) is 77.5 cm³/mol. The van der Waals surface area contributed by atoms with Gasteiger partial charge in [0, 0.05) is 11.8 Å². The van der Waals surface area contributed by atoms with Crippen molar-refractivity contribution in [1.29, 1.82) is 0 Å². The fourth-order valence-electron chi connectivity index (χ4n) is 1.84. The van der Waals surface area contributed by atoms with Gasteiger partial charge in [-0.25, -0.2) is 0 Å². The molecule has 1 aromatic heterocycles. The van der Waals surface area contributed by atoms with Crippen molar-refractivity contribution >= 4 is 11.8 Å². The highest BCUT2D eigenvalue weighted by Crippen LogP contribution is 2.35. The maximum atomic E-state index is 6.19. The van der Waals surface area contributed by atoms with Gasteiger partial charge in [0.15, 0.2) is 0 Å². The van der Waals surface area contributed by atoms with Gasteiger partial charge in [0.1, 0.15) is 5.76 Å². The van der Waals surface area contributed by atoms with Crippen LogP contribution in [-0.4, -0.2) is 6.04 Å². The molecule has 96 valence electrons. The molecule has 0 saturated heterocycles. The third kappa shape index (κ3) is 3.40. The Kier molecular flexibility index (Phi) is 4.90. The molecule has 1 aromatic carbocycles. The Hall–Kier alpha value is -1.19. The second kappa shape index (κ2) is 6.66. The van der Waals surface area contributed by atoms with E-state index in [9.17, 15) is 0 Å². The van der Waals surface area contributed by atoms with E-state index in [-0.39, 0.29) is 11.3 Å². The summed E-state index contributed by atoms with van der Waals surface area (Å²) in [4.78, 5) is 0. The minimum absolute atomic E-state index is 0.130. The normalized spacial score (nSPS) is 14.3.